The predicted octanol–water partition coefficient (Wildman–Crippen LogP) is 11.6. The van der Waals surface area contributed by atoms with Gasteiger partial charge in [-0.05, 0) is 109 Å². The van der Waals surface area contributed by atoms with E-state index in [4.69, 9.17) is 0 Å². The van der Waals surface area contributed by atoms with E-state index in [1.165, 1.54) is 22.9 Å². The molecule has 3 heteroatoms. The lowest BCUT2D eigenvalue weighted by molar-refractivity contribution is 0.00233. The molecule has 0 saturated heterocycles. The van der Waals surface area contributed by atoms with Crippen molar-refractivity contribution >= 4 is 37.9 Å². The first kappa shape index (κ1) is 26.3. The van der Waals surface area contributed by atoms with Crippen LogP contribution in [0.2, 0.25) is 0 Å². The normalized spacial score (nSPS) is 15.4. The van der Waals surface area contributed by atoms with Crippen LogP contribution in [0, 0.1) is 11.7 Å². The van der Waals surface area contributed by atoms with Crippen molar-refractivity contribution in [1.82, 2.24) is 0 Å². The van der Waals surface area contributed by atoms with Gasteiger partial charge in [0, 0.05) is 6.42 Å². The third kappa shape index (κ3) is 4.90. The molecule has 0 amide bonds. The van der Waals surface area contributed by atoms with Crippen LogP contribution in [0.15, 0.2) is 127 Å². The summed E-state index contributed by atoms with van der Waals surface area (Å²) in [6.07, 6.45) is 6.47. The highest BCUT2D eigenvalue weighted by Gasteiger charge is 2.27. The number of hydrogen-bond donors (Lipinski definition) is 0. The fraction of sp³-hybridized carbons (Fsp3) is 0.128. The van der Waals surface area contributed by atoms with Crippen LogP contribution in [-0.2, 0) is 0 Å². The van der Waals surface area contributed by atoms with Crippen molar-refractivity contribution < 1.29 is 13.2 Å². The lowest BCUT2D eigenvalue weighted by Gasteiger charge is -2.23. The van der Waals surface area contributed by atoms with E-state index in [1.54, 1.807) is 12.1 Å². The van der Waals surface area contributed by atoms with Crippen LogP contribution in [0.3, 0.4) is 0 Å². The fourth-order valence-corrected chi connectivity index (χ4v) is 6.43. The maximum absolute atomic E-state index is 13.8. The van der Waals surface area contributed by atoms with Crippen molar-refractivity contribution in [3.8, 4) is 22.3 Å². The van der Waals surface area contributed by atoms with Gasteiger partial charge in [-0.1, -0.05) is 103 Å². The molecular formula is C39H29F3. The lowest BCUT2D eigenvalue weighted by atomic mass is 9.82. The van der Waals surface area contributed by atoms with Crippen LogP contribution >= 0.6 is 0 Å². The van der Waals surface area contributed by atoms with Gasteiger partial charge in [0.25, 0.3) is 0 Å². The van der Waals surface area contributed by atoms with Crippen LogP contribution in [0.5, 0.6) is 0 Å². The molecule has 1 unspecified atom stereocenters. The molecule has 1 aliphatic carbocycles. The van der Waals surface area contributed by atoms with Crippen LogP contribution < -0.4 is 0 Å². The minimum Gasteiger partial charge on any atom is -0.207 e. The number of hydrogen-bond acceptors (Lipinski definition) is 0. The van der Waals surface area contributed by atoms with E-state index in [-0.39, 0.29) is 18.2 Å². The zero-order valence-corrected chi connectivity index (χ0v) is 23.2. The Morgan fingerprint density at radius 1 is 0.643 bits per heavy atom. The molecule has 6 aromatic rings. The molecule has 0 bridgehead atoms. The third-order valence-corrected chi connectivity index (χ3v) is 8.34. The number of benzene rings is 6. The standard InChI is InChI=1S/C39H29F3/c1-39(41,42)24-25-10-12-28(13-11-25)37-33-8-4-5-9-34(33)38(31-15-14-26-6-2-3-7-29(26)22-31)35-21-18-30(23-36(35)37)27-16-19-32(40)20-17-27/h2-10,12-23,25H,11,24H2,1H3. The maximum atomic E-state index is 13.8. The van der Waals surface area contributed by atoms with Crippen molar-refractivity contribution in [3.05, 3.63) is 139 Å². The third-order valence-electron chi connectivity index (χ3n) is 8.34. The van der Waals surface area contributed by atoms with Gasteiger partial charge in [-0.2, -0.15) is 0 Å². The second-order valence-corrected chi connectivity index (χ2v) is 11.4. The molecule has 0 saturated carbocycles. The minimum absolute atomic E-state index is 0.162. The molecule has 0 fully saturated rings. The molecule has 0 aromatic heterocycles. The van der Waals surface area contributed by atoms with Crippen LogP contribution in [0.4, 0.5) is 13.2 Å². The highest BCUT2D eigenvalue weighted by Crippen LogP contribution is 2.45. The number of halogens is 3. The fourth-order valence-electron chi connectivity index (χ4n) is 6.43. The Balaban J connectivity index is 1.50. The highest BCUT2D eigenvalue weighted by molar-refractivity contribution is 6.20. The van der Waals surface area contributed by atoms with E-state index in [0.29, 0.717) is 6.42 Å². The SMILES string of the molecule is CC(F)(F)CC1C=CC(c2c3ccccc3c(-c3ccc4ccccc4c3)c3ccc(-c4ccc(F)cc4)cc23)=CC1. The molecule has 1 atom stereocenters. The first-order chi connectivity index (χ1) is 20.3. The smallest absolute Gasteiger partial charge is 0.207 e. The van der Waals surface area contributed by atoms with Gasteiger partial charge in [-0.25, -0.2) is 13.2 Å². The Labute approximate surface area is 243 Å². The summed E-state index contributed by atoms with van der Waals surface area (Å²) in [5, 5.41) is 6.81. The molecule has 42 heavy (non-hydrogen) atoms. The summed E-state index contributed by atoms with van der Waals surface area (Å²) in [6.45, 7) is 0.990. The first-order valence-corrected chi connectivity index (χ1v) is 14.3. The van der Waals surface area contributed by atoms with Gasteiger partial charge in [0.15, 0.2) is 0 Å². The summed E-state index contributed by atoms with van der Waals surface area (Å²) in [6, 6.07) is 36.5. The maximum Gasteiger partial charge on any atom is 0.246 e. The van der Waals surface area contributed by atoms with Gasteiger partial charge < -0.3 is 0 Å². The van der Waals surface area contributed by atoms with E-state index in [0.717, 1.165) is 61.9 Å². The summed E-state index contributed by atoms with van der Waals surface area (Å²) in [5.41, 5.74) is 6.34. The van der Waals surface area contributed by atoms with E-state index < -0.39 is 5.92 Å². The van der Waals surface area contributed by atoms with Crippen LogP contribution in [0.25, 0.3) is 60.1 Å². The summed E-state index contributed by atoms with van der Waals surface area (Å²) in [7, 11) is 0. The Bertz CT molecular complexity index is 2020. The second kappa shape index (κ2) is 10.3. The molecule has 206 valence electrons. The Kier molecular flexibility index (Phi) is 6.46. The van der Waals surface area contributed by atoms with E-state index in [9.17, 15) is 13.2 Å². The first-order valence-electron chi connectivity index (χ1n) is 14.3. The highest BCUT2D eigenvalue weighted by atomic mass is 19.3. The molecular weight excluding hydrogens is 525 g/mol. The Hall–Kier alpha value is -4.63. The second-order valence-electron chi connectivity index (χ2n) is 11.4. The molecule has 0 spiro atoms. The van der Waals surface area contributed by atoms with Gasteiger partial charge in [0.2, 0.25) is 5.92 Å². The number of fused-ring (bicyclic) bond motifs is 3. The van der Waals surface area contributed by atoms with Crippen molar-refractivity contribution in [2.75, 3.05) is 0 Å². The number of allylic oxidation sites excluding steroid dienone is 4. The summed E-state index contributed by atoms with van der Waals surface area (Å²) in [4.78, 5) is 0. The molecule has 0 aliphatic heterocycles. The van der Waals surface area contributed by atoms with Crippen molar-refractivity contribution in [3.63, 3.8) is 0 Å². The summed E-state index contributed by atoms with van der Waals surface area (Å²) >= 11 is 0. The zero-order valence-electron chi connectivity index (χ0n) is 23.2. The molecule has 0 N–H and O–H groups in total. The quantitative estimate of drug-likeness (QED) is 0.186. The number of rotatable bonds is 5. The van der Waals surface area contributed by atoms with Gasteiger partial charge in [-0.3, -0.25) is 0 Å². The molecule has 0 radical (unpaired) electrons. The van der Waals surface area contributed by atoms with Crippen LogP contribution in [0.1, 0.15) is 25.3 Å². The van der Waals surface area contributed by atoms with Crippen molar-refractivity contribution in [2.45, 2.75) is 25.7 Å². The number of alkyl halides is 2. The molecule has 0 nitrogen and oxygen atoms in total. The predicted molar refractivity (Wildman–Crippen MR) is 170 cm³/mol. The monoisotopic (exact) mass is 554 g/mol. The van der Waals surface area contributed by atoms with Crippen molar-refractivity contribution in [1.29, 1.82) is 0 Å². The van der Waals surface area contributed by atoms with E-state index in [1.807, 2.05) is 12.2 Å². The van der Waals surface area contributed by atoms with E-state index >= 15 is 0 Å². The van der Waals surface area contributed by atoms with Gasteiger partial charge >= 0.3 is 0 Å². The minimum atomic E-state index is -2.70. The lowest BCUT2D eigenvalue weighted by Crippen LogP contribution is -2.16. The average molecular weight is 555 g/mol. The Morgan fingerprint density at radius 3 is 2.00 bits per heavy atom. The topological polar surface area (TPSA) is 0 Å². The molecule has 6 aromatic carbocycles. The summed E-state index contributed by atoms with van der Waals surface area (Å²) in [5.74, 6) is -3.17. The van der Waals surface area contributed by atoms with Crippen LogP contribution in [-0.4, -0.2) is 5.92 Å². The largest absolute Gasteiger partial charge is 0.246 e. The Morgan fingerprint density at radius 2 is 1.29 bits per heavy atom. The van der Waals surface area contributed by atoms with Gasteiger partial charge in [-0.15, -0.1) is 0 Å². The molecule has 1 aliphatic rings. The molecule has 7 rings (SSSR count). The van der Waals surface area contributed by atoms with Crippen molar-refractivity contribution in [2.24, 2.45) is 5.92 Å². The average Bonchev–Trinajstić information content (AvgIpc) is 2.99. The summed E-state index contributed by atoms with van der Waals surface area (Å²) < 4.78 is 41.4. The van der Waals surface area contributed by atoms with Gasteiger partial charge in [0.05, 0.1) is 0 Å². The zero-order chi connectivity index (χ0) is 28.8. The molecule has 0 heterocycles. The van der Waals surface area contributed by atoms with E-state index in [2.05, 4.69) is 91.0 Å². The van der Waals surface area contributed by atoms with Gasteiger partial charge in [0.1, 0.15) is 5.82 Å².